The summed E-state index contributed by atoms with van der Waals surface area (Å²) < 4.78 is 17.0. The second-order valence-electron chi connectivity index (χ2n) is 25.9. The largest absolute Gasteiger partial charge is 0.462 e. The molecule has 0 aromatic rings. The van der Waals surface area contributed by atoms with Crippen LogP contribution in [0.2, 0.25) is 0 Å². The standard InChI is InChI=1S/C76H146O6/c1-4-7-10-13-16-19-22-25-27-29-31-33-35-37-38-40-41-43-45-47-49-51-54-57-60-63-66-69-75(78)81-72-73(71-80-74(77)68-65-62-59-56-53-24-21-18-15-12-9-6-3)82-76(79)70-67-64-61-58-55-52-50-48-46-44-42-39-36-34-32-30-28-26-23-20-17-14-11-8-5-2/h29,31,73H,4-28,30,32-72H2,1-3H3/b31-29-. The molecule has 0 rings (SSSR count). The summed E-state index contributed by atoms with van der Waals surface area (Å²) in [6, 6.07) is 0. The fourth-order valence-corrected chi connectivity index (χ4v) is 11.9. The lowest BCUT2D eigenvalue weighted by Crippen LogP contribution is -2.30. The van der Waals surface area contributed by atoms with Crippen LogP contribution in [0.25, 0.3) is 0 Å². The topological polar surface area (TPSA) is 78.9 Å². The Bertz CT molecular complexity index is 1280. The van der Waals surface area contributed by atoms with Crippen LogP contribution >= 0.6 is 0 Å². The number of unbranched alkanes of at least 4 members (excludes halogenated alkanes) is 58. The normalized spacial score (nSPS) is 12.0. The number of allylic oxidation sites excluding steroid dienone is 2. The second kappa shape index (κ2) is 71.6. The Kier molecular flexibility index (Phi) is 70.0. The summed E-state index contributed by atoms with van der Waals surface area (Å²) in [5.41, 5.74) is 0. The van der Waals surface area contributed by atoms with Crippen LogP contribution in [0.5, 0.6) is 0 Å². The Hall–Kier alpha value is -1.85. The Morgan fingerprint density at radius 1 is 0.232 bits per heavy atom. The predicted molar refractivity (Wildman–Crippen MR) is 358 cm³/mol. The third kappa shape index (κ3) is 68.9. The molecule has 0 heterocycles. The van der Waals surface area contributed by atoms with Gasteiger partial charge in [0.25, 0.3) is 0 Å². The van der Waals surface area contributed by atoms with Crippen LogP contribution < -0.4 is 0 Å². The van der Waals surface area contributed by atoms with Crippen LogP contribution in [0, 0.1) is 0 Å². The highest BCUT2D eigenvalue weighted by Crippen LogP contribution is 2.20. The molecule has 0 saturated carbocycles. The lowest BCUT2D eigenvalue weighted by molar-refractivity contribution is -0.167. The van der Waals surface area contributed by atoms with Crippen LogP contribution in [0.3, 0.4) is 0 Å². The fourth-order valence-electron chi connectivity index (χ4n) is 11.9. The molecule has 0 N–H and O–H groups in total. The summed E-state index contributed by atoms with van der Waals surface area (Å²) in [6.45, 7) is 6.73. The molecule has 486 valence electrons. The van der Waals surface area contributed by atoms with E-state index in [0.717, 1.165) is 57.8 Å². The van der Waals surface area contributed by atoms with Gasteiger partial charge in [-0.3, -0.25) is 14.4 Å². The summed E-state index contributed by atoms with van der Waals surface area (Å²) in [7, 11) is 0. The molecule has 0 amide bonds. The number of carbonyl (C=O) groups is 3. The van der Waals surface area contributed by atoms with Crippen molar-refractivity contribution in [2.75, 3.05) is 13.2 Å². The SMILES string of the molecule is CCCCCCCCCC/C=C\CCCCCCCCCCCCCCCCCC(=O)OCC(COC(=O)CCCCCCCCCCCCCC)OC(=O)CCCCCCCCCCCCCCCCCCCCCCCCCCC. The van der Waals surface area contributed by atoms with Gasteiger partial charge in [-0.05, 0) is 44.9 Å². The van der Waals surface area contributed by atoms with Gasteiger partial charge < -0.3 is 14.2 Å². The maximum Gasteiger partial charge on any atom is 0.306 e. The molecule has 0 aliphatic heterocycles. The van der Waals surface area contributed by atoms with Crippen molar-refractivity contribution in [1.29, 1.82) is 0 Å². The van der Waals surface area contributed by atoms with E-state index in [-0.39, 0.29) is 31.1 Å². The first-order valence-corrected chi connectivity index (χ1v) is 37.7. The minimum Gasteiger partial charge on any atom is -0.462 e. The summed E-state index contributed by atoms with van der Waals surface area (Å²) in [5.74, 6) is -0.824. The number of carbonyl (C=O) groups excluding carboxylic acids is 3. The summed E-state index contributed by atoms with van der Waals surface area (Å²) in [5, 5.41) is 0. The third-order valence-electron chi connectivity index (χ3n) is 17.5. The highest BCUT2D eigenvalue weighted by Gasteiger charge is 2.20. The van der Waals surface area contributed by atoms with Crippen molar-refractivity contribution in [3.8, 4) is 0 Å². The molecular formula is C76H146O6. The van der Waals surface area contributed by atoms with Crippen molar-refractivity contribution in [2.24, 2.45) is 0 Å². The number of ether oxygens (including phenoxy) is 3. The quantitative estimate of drug-likeness (QED) is 0.0261. The lowest BCUT2D eigenvalue weighted by Gasteiger charge is -2.18. The minimum atomic E-state index is -0.766. The van der Waals surface area contributed by atoms with Crippen LogP contribution in [-0.4, -0.2) is 37.2 Å². The molecule has 1 unspecified atom stereocenters. The maximum absolute atomic E-state index is 13.0. The molecule has 0 aromatic carbocycles. The van der Waals surface area contributed by atoms with E-state index >= 15 is 0 Å². The van der Waals surface area contributed by atoms with Crippen molar-refractivity contribution < 1.29 is 28.6 Å². The molecule has 0 saturated heterocycles. The van der Waals surface area contributed by atoms with Crippen LogP contribution in [0.1, 0.15) is 438 Å². The monoisotopic (exact) mass is 1160 g/mol. The molecule has 0 aromatic heterocycles. The van der Waals surface area contributed by atoms with Crippen LogP contribution in [-0.2, 0) is 28.6 Å². The van der Waals surface area contributed by atoms with Crippen LogP contribution in [0.15, 0.2) is 12.2 Å². The zero-order chi connectivity index (χ0) is 59.2. The lowest BCUT2D eigenvalue weighted by atomic mass is 10.0. The van der Waals surface area contributed by atoms with E-state index < -0.39 is 6.10 Å². The molecule has 0 bridgehead atoms. The number of rotatable bonds is 71. The molecule has 6 nitrogen and oxygen atoms in total. The van der Waals surface area contributed by atoms with Crippen molar-refractivity contribution in [1.82, 2.24) is 0 Å². The smallest absolute Gasteiger partial charge is 0.306 e. The van der Waals surface area contributed by atoms with E-state index in [2.05, 4.69) is 32.9 Å². The van der Waals surface area contributed by atoms with E-state index in [1.807, 2.05) is 0 Å². The molecule has 0 aliphatic rings. The van der Waals surface area contributed by atoms with Gasteiger partial charge in [0.15, 0.2) is 6.10 Å². The molecule has 0 radical (unpaired) electrons. The van der Waals surface area contributed by atoms with E-state index in [0.29, 0.717) is 19.3 Å². The molecule has 0 spiro atoms. The van der Waals surface area contributed by atoms with Crippen LogP contribution in [0.4, 0.5) is 0 Å². The van der Waals surface area contributed by atoms with E-state index in [1.165, 1.54) is 340 Å². The van der Waals surface area contributed by atoms with Gasteiger partial charge in [-0.25, -0.2) is 0 Å². The van der Waals surface area contributed by atoms with Gasteiger partial charge in [0.2, 0.25) is 0 Å². The molecule has 6 heteroatoms. The van der Waals surface area contributed by atoms with Gasteiger partial charge in [-0.15, -0.1) is 0 Å². The second-order valence-corrected chi connectivity index (χ2v) is 25.9. The Morgan fingerprint density at radius 2 is 0.402 bits per heavy atom. The maximum atomic E-state index is 13.0. The number of esters is 3. The van der Waals surface area contributed by atoms with Crippen molar-refractivity contribution in [3.63, 3.8) is 0 Å². The van der Waals surface area contributed by atoms with Gasteiger partial charge in [-0.1, -0.05) is 386 Å². The third-order valence-corrected chi connectivity index (χ3v) is 17.5. The fraction of sp³-hybridized carbons (Fsp3) is 0.934. The van der Waals surface area contributed by atoms with Gasteiger partial charge in [0.1, 0.15) is 13.2 Å². The first-order chi connectivity index (χ1) is 40.5. The van der Waals surface area contributed by atoms with Gasteiger partial charge in [-0.2, -0.15) is 0 Å². The predicted octanol–water partition coefficient (Wildman–Crippen LogP) is 26.0. The van der Waals surface area contributed by atoms with E-state index in [1.54, 1.807) is 0 Å². The first-order valence-electron chi connectivity index (χ1n) is 37.7. The van der Waals surface area contributed by atoms with E-state index in [9.17, 15) is 14.4 Å². The molecule has 0 aliphatic carbocycles. The van der Waals surface area contributed by atoms with Gasteiger partial charge in [0, 0.05) is 19.3 Å². The van der Waals surface area contributed by atoms with Gasteiger partial charge in [0.05, 0.1) is 0 Å². The zero-order valence-corrected chi connectivity index (χ0v) is 56.1. The minimum absolute atomic E-state index is 0.0622. The highest BCUT2D eigenvalue weighted by atomic mass is 16.6. The zero-order valence-electron chi connectivity index (χ0n) is 56.1. The molecular weight excluding hydrogens is 1010 g/mol. The molecule has 1 atom stereocenters. The number of hydrogen-bond donors (Lipinski definition) is 0. The van der Waals surface area contributed by atoms with Gasteiger partial charge >= 0.3 is 17.9 Å². The Balaban J connectivity index is 4.15. The average Bonchev–Trinajstić information content (AvgIpc) is 3.47. The van der Waals surface area contributed by atoms with Crippen molar-refractivity contribution in [2.45, 2.75) is 444 Å². The Morgan fingerprint density at radius 3 is 0.610 bits per heavy atom. The summed E-state index contributed by atoms with van der Waals surface area (Å²) in [4.78, 5) is 38.5. The summed E-state index contributed by atoms with van der Waals surface area (Å²) in [6.07, 6.45) is 86.9. The summed E-state index contributed by atoms with van der Waals surface area (Å²) >= 11 is 0. The Labute approximate surface area is 513 Å². The highest BCUT2D eigenvalue weighted by molar-refractivity contribution is 5.71. The van der Waals surface area contributed by atoms with Crippen molar-refractivity contribution in [3.05, 3.63) is 12.2 Å². The molecule has 82 heavy (non-hydrogen) atoms. The molecule has 0 fully saturated rings. The average molecular weight is 1160 g/mol. The van der Waals surface area contributed by atoms with E-state index in [4.69, 9.17) is 14.2 Å². The van der Waals surface area contributed by atoms with Crippen molar-refractivity contribution >= 4 is 17.9 Å². The number of hydrogen-bond acceptors (Lipinski definition) is 6. The first kappa shape index (κ1) is 80.2.